The minimum Gasteiger partial charge on any atom is -0.467 e. The SMILES string of the molecule is O=[N+]([O-])c1cccc(-c2ccoc2CNC2CC2)c1. The van der Waals surface area contributed by atoms with Crippen molar-refractivity contribution >= 4 is 5.69 Å². The topological polar surface area (TPSA) is 68.3 Å². The van der Waals surface area contributed by atoms with Crippen molar-refractivity contribution in [3.63, 3.8) is 0 Å². The van der Waals surface area contributed by atoms with Crippen molar-refractivity contribution in [2.75, 3.05) is 0 Å². The summed E-state index contributed by atoms with van der Waals surface area (Å²) in [6, 6.07) is 9.07. The second kappa shape index (κ2) is 4.85. The number of rotatable bonds is 5. The number of hydrogen-bond donors (Lipinski definition) is 1. The van der Waals surface area contributed by atoms with Crippen molar-refractivity contribution < 1.29 is 9.34 Å². The van der Waals surface area contributed by atoms with E-state index in [4.69, 9.17) is 4.42 Å². The van der Waals surface area contributed by atoms with Crippen LogP contribution in [0.4, 0.5) is 5.69 Å². The molecule has 0 aliphatic heterocycles. The summed E-state index contributed by atoms with van der Waals surface area (Å²) < 4.78 is 5.47. The van der Waals surface area contributed by atoms with Gasteiger partial charge in [0, 0.05) is 23.7 Å². The molecule has 1 N–H and O–H groups in total. The van der Waals surface area contributed by atoms with Gasteiger partial charge in [0.2, 0.25) is 0 Å². The Kier molecular flexibility index (Phi) is 3.05. The van der Waals surface area contributed by atoms with E-state index in [0.717, 1.165) is 16.9 Å². The highest BCUT2D eigenvalue weighted by molar-refractivity contribution is 5.67. The van der Waals surface area contributed by atoms with Crippen LogP contribution >= 0.6 is 0 Å². The van der Waals surface area contributed by atoms with Gasteiger partial charge in [-0.05, 0) is 24.5 Å². The van der Waals surface area contributed by atoms with Gasteiger partial charge in [-0.2, -0.15) is 0 Å². The van der Waals surface area contributed by atoms with Gasteiger partial charge in [-0.15, -0.1) is 0 Å². The highest BCUT2D eigenvalue weighted by Gasteiger charge is 2.21. The van der Waals surface area contributed by atoms with Gasteiger partial charge < -0.3 is 9.73 Å². The molecule has 98 valence electrons. The number of non-ortho nitro benzene ring substituents is 1. The molecule has 0 amide bonds. The Morgan fingerprint density at radius 2 is 2.21 bits per heavy atom. The molecule has 1 fully saturated rings. The molecule has 0 spiro atoms. The lowest BCUT2D eigenvalue weighted by molar-refractivity contribution is -0.384. The maximum absolute atomic E-state index is 10.8. The second-order valence-electron chi connectivity index (χ2n) is 4.72. The molecule has 2 aromatic rings. The molecular weight excluding hydrogens is 244 g/mol. The normalized spacial score (nSPS) is 14.5. The fraction of sp³-hybridized carbons (Fsp3) is 0.286. The van der Waals surface area contributed by atoms with Crippen LogP contribution in [0, 0.1) is 10.1 Å². The summed E-state index contributed by atoms with van der Waals surface area (Å²) in [6.45, 7) is 0.662. The van der Waals surface area contributed by atoms with Gasteiger partial charge in [0.15, 0.2) is 0 Å². The molecule has 5 heteroatoms. The number of nitrogens with zero attached hydrogens (tertiary/aromatic N) is 1. The van der Waals surface area contributed by atoms with Crippen LogP contribution in [0.2, 0.25) is 0 Å². The molecule has 1 aromatic heterocycles. The van der Waals surface area contributed by atoms with Gasteiger partial charge >= 0.3 is 0 Å². The van der Waals surface area contributed by atoms with E-state index in [0.29, 0.717) is 12.6 Å². The molecule has 1 heterocycles. The molecule has 0 saturated heterocycles. The number of nitro groups is 1. The fourth-order valence-corrected chi connectivity index (χ4v) is 2.05. The van der Waals surface area contributed by atoms with E-state index in [9.17, 15) is 10.1 Å². The van der Waals surface area contributed by atoms with Gasteiger partial charge in [0.05, 0.1) is 17.7 Å². The summed E-state index contributed by atoms with van der Waals surface area (Å²) in [4.78, 5) is 10.4. The summed E-state index contributed by atoms with van der Waals surface area (Å²) in [6.07, 6.45) is 4.05. The van der Waals surface area contributed by atoms with Crippen LogP contribution < -0.4 is 5.32 Å². The summed E-state index contributed by atoms with van der Waals surface area (Å²) in [5.41, 5.74) is 1.83. The van der Waals surface area contributed by atoms with Gasteiger partial charge in [0.1, 0.15) is 5.76 Å². The number of benzene rings is 1. The third kappa shape index (κ3) is 2.66. The average molecular weight is 258 g/mol. The largest absolute Gasteiger partial charge is 0.467 e. The zero-order valence-corrected chi connectivity index (χ0v) is 10.3. The highest BCUT2D eigenvalue weighted by atomic mass is 16.6. The Morgan fingerprint density at radius 1 is 1.37 bits per heavy atom. The predicted octanol–water partition coefficient (Wildman–Crippen LogP) is 3.11. The Labute approximate surface area is 110 Å². The minimum atomic E-state index is -0.383. The Bertz CT molecular complexity index is 602. The van der Waals surface area contributed by atoms with E-state index >= 15 is 0 Å². The summed E-state index contributed by atoms with van der Waals surface area (Å²) in [5.74, 6) is 0.826. The van der Waals surface area contributed by atoms with E-state index in [2.05, 4.69) is 5.32 Å². The Balaban J connectivity index is 1.86. The molecule has 5 nitrogen and oxygen atoms in total. The van der Waals surface area contributed by atoms with Crippen molar-refractivity contribution in [2.45, 2.75) is 25.4 Å². The lowest BCUT2D eigenvalue weighted by Crippen LogP contribution is -2.15. The highest BCUT2D eigenvalue weighted by Crippen LogP contribution is 2.28. The maximum atomic E-state index is 10.8. The first-order valence-electron chi connectivity index (χ1n) is 6.28. The van der Waals surface area contributed by atoms with Gasteiger partial charge in [0.25, 0.3) is 5.69 Å². The van der Waals surface area contributed by atoms with Crippen LogP contribution in [0.25, 0.3) is 11.1 Å². The van der Waals surface area contributed by atoms with E-state index in [1.807, 2.05) is 12.1 Å². The molecular formula is C14H14N2O3. The molecule has 0 bridgehead atoms. The quantitative estimate of drug-likeness (QED) is 0.661. The van der Waals surface area contributed by atoms with Crippen LogP contribution in [0.3, 0.4) is 0 Å². The lowest BCUT2D eigenvalue weighted by atomic mass is 10.1. The smallest absolute Gasteiger partial charge is 0.270 e. The first-order chi connectivity index (χ1) is 9.24. The van der Waals surface area contributed by atoms with Crippen molar-refractivity contribution in [1.82, 2.24) is 5.32 Å². The molecule has 3 rings (SSSR count). The molecule has 19 heavy (non-hydrogen) atoms. The van der Waals surface area contributed by atoms with Gasteiger partial charge in [-0.3, -0.25) is 10.1 Å². The van der Waals surface area contributed by atoms with Crippen LogP contribution in [-0.2, 0) is 6.54 Å². The van der Waals surface area contributed by atoms with Crippen LogP contribution in [0.1, 0.15) is 18.6 Å². The third-order valence-electron chi connectivity index (χ3n) is 3.24. The molecule has 0 radical (unpaired) electrons. The summed E-state index contributed by atoms with van der Waals surface area (Å²) in [7, 11) is 0. The number of nitro benzene ring substituents is 1. The molecule has 0 atom stereocenters. The van der Waals surface area contributed by atoms with E-state index in [-0.39, 0.29) is 10.6 Å². The Morgan fingerprint density at radius 3 is 2.95 bits per heavy atom. The Hall–Kier alpha value is -2.14. The molecule has 1 aliphatic rings. The van der Waals surface area contributed by atoms with Gasteiger partial charge in [-0.1, -0.05) is 12.1 Å². The maximum Gasteiger partial charge on any atom is 0.270 e. The summed E-state index contributed by atoms with van der Waals surface area (Å²) in [5, 5.41) is 14.2. The van der Waals surface area contributed by atoms with Crippen LogP contribution in [0.15, 0.2) is 41.0 Å². The first kappa shape index (κ1) is 11.9. The van der Waals surface area contributed by atoms with Crippen LogP contribution in [0.5, 0.6) is 0 Å². The second-order valence-corrected chi connectivity index (χ2v) is 4.72. The number of nitrogens with one attached hydrogen (secondary N) is 1. The van der Waals surface area contributed by atoms with Gasteiger partial charge in [-0.25, -0.2) is 0 Å². The third-order valence-corrected chi connectivity index (χ3v) is 3.24. The van der Waals surface area contributed by atoms with E-state index < -0.39 is 0 Å². The van der Waals surface area contributed by atoms with Crippen LogP contribution in [-0.4, -0.2) is 11.0 Å². The van der Waals surface area contributed by atoms with E-state index in [1.165, 1.54) is 18.9 Å². The standard InChI is InChI=1S/C14H14N2O3/c17-16(18)12-3-1-2-10(8-12)13-6-7-19-14(13)9-15-11-4-5-11/h1-3,6-8,11,15H,4-5,9H2. The molecule has 1 saturated carbocycles. The zero-order valence-electron chi connectivity index (χ0n) is 10.3. The van der Waals surface area contributed by atoms with Crippen molar-refractivity contribution in [2.24, 2.45) is 0 Å². The molecule has 1 aliphatic carbocycles. The monoisotopic (exact) mass is 258 g/mol. The number of furan rings is 1. The predicted molar refractivity (Wildman–Crippen MR) is 70.7 cm³/mol. The summed E-state index contributed by atoms with van der Waals surface area (Å²) >= 11 is 0. The van der Waals surface area contributed by atoms with E-state index in [1.54, 1.807) is 18.4 Å². The van der Waals surface area contributed by atoms with Crippen molar-refractivity contribution in [3.8, 4) is 11.1 Å². The lowest BCUT2D eigenvalue weighted by Gasteiger charge is -2.04. The fourth-order valence-electron chi connectivity index (χ4n) is 2.05. The number of hydrogen-bond acceptors (Lipinski definition) is 4. The first-order valence-corrected chi connectivity index (χ1v) is 6.28. The molecule has 0 unspecified atom stereocenters. The molecule has 1 aromatic carbocycles. The average Bonchev–Trinajstić information content (AvgIpc) is 3.13. The van der Waals surface area contributed by atoms with Crippen molar-refractivity contribution in [1.29, 1.82) is 0 Å². The minimum absolute atomic E-state index is 0.0970. The zero-order chi connectivity index (χ0) is 13.2. The van der Waals surface area contributed by atoms with Crippen molar-refractivity contribution in [3.05, 3.63) is 52.5 Å².